The summed E-state index contributed by atoms with van der Waals surface area (Å²) in [5.41, 5.74) is 0.387. The molecule has 32 heavy (non-hydrogen) atoms. The molecule has 2 aliphatic carbocycles. The summed E-state index contributed by atoms with van der Waals surface area (Å²) in [5, 5.41) is 0.0546. The molecule has 1 saturated carbocycles. The van der Waals surface area contributed by atoms with E-state index in [0.29, 0.717) is 38.0 Å². The van der Waals surface area contributed by atoms with Crippen LogP contribution in [0.4, 0.5) is 0 Å². The maximum Gasteiger partial charge on any atom is 0.194 e. The van der Waals surface area contributed by atoms with E-state index in [1.807, 2.05) is 24.3 Å². The van der Waals surface area contributed by atoms with Gasteiger partial charge in [0.25, 0.3) is 0 Å². The van der Waals surface area contributed by atoms with Gasteiger partial charge < -0.3 is 13.9 Å². The molecule has 3 rings (SSSR count). The van der Waals surface area contributed by atoms with Gasteiger partial charge in [-0.25, -0.2) is 0 Å². The lowest BCUT2D eigenvalue weighted by Crippen LogP contribution is -2.52. The lowest BCUT2D eigenvalue weighted by atomic mass is 9.76. The van der Waals surface area contributed by atoms with Crippen molar-refractivity contribution in [1.29, 1.82) is 0 Å². The van der Waals surface area contributed by atoms with Gasteiger partial charge in [-0.05, 0) is 54.6 Å². The number of carbonyl (C=O) groups is 1. The third-order valence-electron chi connectivity index (χ3n) is 6.68. The number of allylic oxidation sites excluding steroid dienone is 2. The summed E-state index contributed by atoms with van der Waals surface area (Å²) >= 11 is 0. The Morgan fingerprint density at radius 2 is 1.91 bits per heavy atom. The number of benzene rings is 1. The predicted octanol–water partition coefficient (Wildman–Crippen LogP) is 5.64. The Morgan fingerprint density at radius 1 is 1.19 bits per heavy atom. The summed E-state index contributed by atoms with van der Waals surface area (Å²) in [6, 6.07) is 7.76. The summed E-state index contributed by atoms with van der Waals surface area (Å²) < 4.78 is 18.1. The second-order valence-corrected chi connectivity index (χ2v) is 14.9. The van der Waals surface area contributed by atoms with Gasteiger partial charge in [0.15, 0.2) is 14.1 Å². The lowest BCUT2D eigenvalue weighted by Gasteiger charge is -2.46. The van der Waals surface area contributed by atoms with Crippen molar-refractivity contribution in [2.24, 2.45) is 5.92 Å². The van der Waals surface area contributed by atoms with Crippen LogP contribution in [0.3, 0.4) is 0 Å². The van der Waals surface area contributed by atoms with E-state index < -0.39 is 13.9 Å². The largest absolute Gasteiger partial charge is 0.497 e. The van der Waals surface area contributed by atoms with Gasteiger partial charge in [-0.3, -0.25) is 4.79 Å². The van der Waals surface area contributed by atoms with E-state index in [9.17, 15) is 4.79 Å². The molecule has 2 unspecified atom stereocenters. The van der Waals surface area contributed by atoms with Crippen molar-refractivity contribution in [3.63, 3.8) is 0 Å². The monoisotopic (exact) mass is 450 g/mol. The third kappa shape index (κ3) is 5.85. The van der Waals surface area contributed by atoms with E-state index in [1.54, 1.807) is 13.2 Å². The van der Waals surface area contributed by atoms with Gasteiger partial charge in [0, 0.05) is 24.8 Å². The topological polar surface area (TPSA) is 44.8 Å². The van der Waals surface area contributed by atoms with E-state index in [2.05, 4.69) is 57.5 Å². The SMILES string of the molecule is COc1ccc(CO/C2=C/C#CCC3CC(O[Si](C)(C)C(C)(C)C)(C#C2)CCC3=O)cc1. The Morgan fingerprint density at radius 3 is 2.56 bits per heavy atom. The minimum Gasteiger partial charge on any atom is -0.497 e. The number of ketones is 1. The molecule has 5 heteroatoms. The van der Waals surface area contributed by atoms with Crippen LogP contribution in [0.25, 0.3) is 0 Å². The first kappa shape index (κ1) is 24.2. The number of hydrogen-bond acceptors (Lipinski definition) is 4. The second kappa shape index (κ2) is 9.57. The highest BCUT2D eigenvalue weighted by molar-refractivity contribution is 6.74. The Labute approximate surface area is 193 Å². The highest BCUT2D eigenvalue weighted by atomic mass is 28.4. The van der Waals surface area contributed by atoms with Crippen LogP contribution in [0.15, 0.2) is 36.1 Å². The first-order valence-electron chi connectivity index (χ1n) is 11.2. The minimum absolute atomic E-state index is 0.0546. The van der Waals surface area contributed by atoms with Crippen LogP contribution in [-0.2, 0) is 20.6 Å². The summed E-state index contributed by atoms with van der Waals surface area (Å²) in [7, 11) is -0.447. The van der Waals surface area contributed by atoms with E-state index in [4.69, 9.17) is 13.9 Å². The van der Waals surface area contributed by atoms with E-state index in [1.165, 1.54) is 0 Å². The van der Waals surface area contributed by atoms with Crippen molar-refractivity contribution < 1.29 is 18.7 Å². The van der Waals surface area contributed by atoms with Crippen LogP contribution >= 0.6 is 0 Å². The van der Waals surface area contributed by atoms with Gasteiger partial charge >= 0.3 is 0 Å². The summed E-state index contributed by atoms with van der Waals surface area (Å²) in [4.78, 5) is 12.5. The fraction of sp³-hybridized carbons (Fsp3) is 0.519. The smallest absolute Gasteiger partial charge is 0.194 e. The molecule has 0 saturated heterocycles. The molecule has 0 heterocycles. The molecule has 2 bridgehead atoms. The molecule has 0 N–H and O–H groups in total. The Kier molecular flexibility index (Phi) is 7.23. The minimum atomic E-state index is -2.10. The predicted molar refractivity (Wildman–Crippen MR) is 129 cm³/mol. The molecule has 170 valence electrons. The van der Waals surface area contributed by atoms with Crippen LogP contribution < -0.4 is 4.74 Å². The zero-order valence-electron chi connectivity index (χ0n) is 20.1. The zero-order chi connectivity index (χ0) is 23.4. The lowest BCUT2D eigenvalue weighted by molar-refractivity contribution is -0.128. The summed E-state index contributed by atoms with van der Waals surface area (Å²) in [6.45, 7) is 11.6. The van der Waals surface area contributed by atoms with Crippen molar-refractivity contribution in [2.75, 3.05) is 7.11 Å². The number of rotatable bonds is 6. The molecule has 1 aromatic rings. The molecular weight excluding hydrogens is 416 g/mol. The Balaban J connectivity index is 1.87. The number of ether oxygens (including phenoxy) is 2. The zero-order valence-corrected chi connectivity index (χ0v) is 21.1. The average Bonchev–Trinajstić information content (AvgIpc) is 2.74. The first-order chi connectivity index (χ1) is 15.0. The van der Waals surface area contributed by atoms with Crippen LogP contribution in [0, 0.1) is 29.6 Å². The van der Waals surface area contributed by atoms with E-state index >= 15 is 0 Å². The van der Waals surface area contributed by atoms with Gasteiger partial charge in [-0.1, -0.05) is 50.7 Å². The molecule has 0 aromatic heterocycles. The molecule has 1 aromatic carbocycles. The highest BCUT2D eigenvalue weighted by Gasteiger charge is 2.47. The molecule has 0 radical (unpaired) electrons. The first-order valence-corrected chi connectivity index (χ1v) is 14.1. The van der Waals surface area contributed by atoms with Crippen LogP contribution in [-0.4, -0.2) is 26.8 Å². The van der Waals surface area contributed by atoms with Crippen molar-refractivity contribution >= 4 is 14.1 Å². The fourth-order valence-electron chi connectivity index (χ4n) is 3.67. The maximum absolute atomic E-state index is 12.5. The molecule has 4 nitrogen and oxygen atoms in total. The molecule has 2 aliphatic rings. The quantitative estimate of drug-likeness (QED) is 0.416. The highest BCUT2D eigenvalue weighted by Crippen LogP contribution is 2.44. The standard InChI is InChI=1S/C27H34O4Si/c1-26(2,3)32(5,6)31-27-17-15-24(30-20-21-11-13-23(29-4)14-12-21)10-8-7-9-22(19-27)25(28)16-18-27/h10-14,22H,9,16,18-20H2,1-6H3/b24-10+. The number of hydrogen-bond donors (Lipinski definition) is 0. The van der Waals surface area contributed by atoms with Gasteiger partial charge in [0.2, 0.25) is 0 Å². The van der Waals surface area contributed by atoms with Gasteiger partial charge in [-0.2, -0.15) is 0 Å². The number of fused-ring (bicyclic) bond motifs is 2. The van der Waals surface area contributed by atoms with Gasteiger partial charge in [0.1, 0.15) is 23.7 Å². The van der Waals surface area contributed by atoms with Gasteiger partial charge in [0.05, 0.1) is 7.11 Å². The Bertz CT molecular complexity index is 993. The van der Waals surface area contributed by atoms with Gasteiger partial charge in [-0.15, -0.1) is 0 Å². The second-order valence-electron chi connectivity index (χ2n) is 10.1. The molecule has 2 atom stereocenters. The maximum atomic E-state index is 12.5. The third-order valence-corrected chi connectivity index (χ3v) is 11.2. The fourth-order valence-corrected chi connectivity index (χ4v) is 5.19. The van der Waals surface area contributed by atoms with Crippen molar-refractivity contribution in [1.82, 2.24) is 0 Å². The molecule has 0 amide bonds. The van der Waals surface area contributed by atoms with Crippen LogP contribution in [0.5, 0.6) is 5.75 Å². The number of methoxy groups -OCH3 is 1. The molecular formula is C27H34O4Si. The Hall–Kier alpha value is -2.47. The van der Waals surface area contributed by atoms with Crippen molar-refractivity contribution in [2.45, 2.75) is 76.8 Å². The molecule has 0 spiro atoms. The number of carbonyl (C=O) groups excluding carboxylic acids is 1. The summed E-state index contributed by atoms with van der Waals surface area (Å²) in [5.74, 6) is 14.3. The van der Waals surface area contributed by atoms with Crippen molar-refractivity contribution in [3.8, 4) is 29.4 Å². The van der Waals surface area contributed by atoms with Crippen LogP contribution in [0.1, 0.15) is 52.0 Å². The normalized spacial score (nSPS) is 24.8. The van der Waals surface area contributed by atoms with Crippen molar-refractivity contribution in [3.05, 3.63) is 41.7 Å². The molecule has 0 aliphatic heterocycles. The average molecular weight is 451 g/mol. The summed E-state index contributed by atoms with van der Waals surface area (Å²) in [6.07, 6.45) is 3.96. The molecule has 1 fully saturated rings. The number of Topliss-reactive ketones (excluding diaryl/α,β-unsaturated/α-hetero) is 1. The van der Waals surface area contributed by atoms with E-state index in [0.717, 1.165) is 11.3 Å². The van der Waals surface area contributed by atoms with E-state index in [-0.39, 0.29) is 16.7 Å². The van der Waals surface area contributed by atoms with Crippen LogP contribution in [0.2, 0.25) is 18.1 Å².